The molecule has 0 aliphatic rings. The predicted octanol–water partition coefficient (Wildman–Crippen LogP) is 1.89. The maximum atomic E-state index is 11.1. The number of aromatic amines is 1. The van der Waals surface area contributed by atoms with Gasteiger partial charge in [0.15, 0.2) is 5.58 Å². The van der Waals surface area contributed by atoms with E-state index in [9.17, 15) is 9.59 Å². The lowest BCUT2D eigenvalue weighted by atomic mass is 9.96. The SMILES string of the molecule is CC(C)C(CNc1ccc2[nH]c(=O)oc2c1)C(=O)O. The molecule has 1 aromatic heterocycles. The van der Waals surface area contributed by atoms with Crippen molar-refractivity contribution in [3.63, 3.8) is 0 Å². The van der Waals surface area contributed by atoms with Crippen LogP contribution in [-0.2, 0) is 4.79 Å². The molecule has 0 radical (unpaired) electrons. The first-order valence-electron chi connectivity index (χ1n) is 6.07. The Morgan fingerprint density at radius 2 is 2.21 bits per heavy atom. The summed E-state index contributed by atoms with van der Waals surface area (Å²) in [5.41, 5.74) is 1.79. The third kappa shape index (κ3) is 2.96. The fraction of sp³-hybridized carbons (Fsp3) is 0.385. The minimum atomic E-state index is -0.822. The standard InChI is InChI=1S/C13H16N2O4/c1-7(2)9(12(16)17)6-14-8-3-4-10-11(5-8)19-13(18)15-10/h3-5,7,9,14H,6H2,1-2H3,(H,15,18)(H,16,17). The van der Waals surface area contributed by atoms with E-state index in [2.05, 4.69) is 10.3 Å². The Kier molecular flexibility index (Phi) is 3.59. The van der Waals surface area contributed by atoms with Crippen molar-refractivity contribution in [3.05, 3.63) is 28.7 Å². The van der Waals surface area contributed by atoms with Gasteiger partial charge in [0.05, 0.1) is 11.4 Å². The second-order valence-electron chi connectivity index (χ2n) is 4.80. The zero-order valence-electron chi connectivity index (χ0n) is 10.8. The lowest BCUT2D eigenvalue weighted by Gasteiger charge is -2.17. The monoisotopic (exact) mass is 264 g/mol. The number of fused-ring (bicyclic) bond motifs is 1. The normalized spacial score (nSPS) is 12.8. The Hall–Kier alpha value is -2.24. The van der Waals surface area contributed by atoms with E-state index in [4.69, 9.17) is 9.52 Å². The van der Waals surface area contributed by atoms with E-state index in [0.29, 0.717) is 17.6 Å². The zero-order chi connectivity index (χ0) is 14.0. The minimum absolute atomic E-state index is 0.0407. The summed E-state index contributed by atoms with van der Waals surface area (Å²) in [6, 6.07) is 5.16. The molecule has 3 N–H and O–H groups in total. The molecule has 1 aromatic carbocycles. The van der Waals surface area contributed by atoms with Gasteiger partial charge in [-0.2, -0.15) is 0 Å². The molecule has 6 nitrogen and oxygen atoms in total. The largest absolute Gasteiger partial charge is 0.481 e. The van der Waals surface area contributed by atoms with Gasteiger partial charge in [0, 0.05) is 18.3 Å². The van der Waals surface area contributed by atoms with Crippen LogP contribution in [0, 0.1) is 11.8 Å². The van der Waals surface area contributed by atoms with Gasteiger partial charge in [-0.05, 0) is 18.1 Å². The minimum Gasteiger partial charge on any atom is -0.481 e. The third-order valence-electron chi connectivity index (χ3n) is 3.07. The first-order chi connectivity index (χ1) is 8.97. The number of carbonyl (C=O) groups is 1. The van der Waals surface area contributed by atoms with Gasteiger partial charge >= 0.3 is 11.7 Å². The predicted molar refractivity (Wildman–Crippen MR) is 71.3 cm³/mol. The van der Waals surface area contributed by atoms with Crippen LogP contribution in [0.4, 0.5) is 5.69 Å². The Morgan fingerprint density at radius 1 is 1.47 bits per heavy atom. The van der Waals surface area contributed by atoms with Gasteiger partial charge < -0.3 is 14.8 Å². The molecule has 0 saturated carbocycles. The lowest BCUT2D eigenvalue weighted by Crippen LogP contribution is -2.27. The first-order valence-corrected chi connectivity index (χ1v) is 6.07. The summed E-state index contributed by atoms with van der Waals surface area (Å²) in [5, 5.41) is 12.1. The molecule has 2 aromatic rings. The molecule has 1 heterocycles. The van der Waals surface area contributed by atoms with Crippen molar-refractivity contribution in [2.45, 2.75) is 13.8 Å². The van der Waals surface area contributed by atoms with E-state index in [-0.39, 0.29) is 5.92 Å². The van der Waals surface area contributed by atoms with E-state index < -0.39 is 17.6 Å². The van der Waals surface area contributed by atoms with Gasteiger partial charge in [0.1, 0.15) is 0 Å². The second kappa shape index (κ2) is 5.17. The number of carboxylic acids is 1. The van der Waals surface area contributed by atoms with Crippen molar-refractivity contribution in [3.8, 4) is 0 Å². The number of anilines is 1. The quantitative estimate of drug-likeness (QED) is 0.766. The number of carboxylic acid groups (broad SMARTS) is 1. The number of oxazole rings is 1. The summed E-state index contributed by atoms with van der Waals surface area (Å²) >= 11 is 0. The number of rotatable bonds is 5. The highest BCUT2D eigenvalue weighted by Gasteiger charge is 2.20. The van der Waals surface area contributed by atoms with Gasteiger partial charge in [0.2, 0.25) is 0 Å². The van der Waals surface area contributed by atoms with Crippen molar-refractivity contribution in [2.24, 2.45) is 11.8 Å². The molecule has 1 atom stereocenters. The van der Waals surface area contributed by atoms with Gasteiger partial charge in [0.25, 0.3) is 0 Å². The number of benzene rings is 1. The van der Waals surface area contributed by atoms with Crippen molar-refractivity contribution in [1.29, 1.82) is 0 Å². The van der Waals surface area contributed by atoms with Crippen LogP contribution in [0.5, 0.6) is 0 Å². The summed E-state index contributed by atoms with van der Waals surface area (Å²) in [6.45, 7) is 4.07. The number of aliphatic carboxylic acids is 1. The van der Waals surface area contributed by atoms with Crippen LogP contribution in [0.25, 0.3) is 11.1 Å². The molecule has 2 rings (SSSR count). The Morgan fingerprint density at radius 3 is 2.84 bits per heavy atom. The number of hydrogen-bond acceptors (Lipinski definition) is 4. The Labute approximate surface area is 109 Å². The maximum Gasteiger partial charge on any atom is 0.417 e. The molecular weight excluding hydrogens is 248 g/mol. The molecule has 1 unspecified atom stereocenters. The van der Waals surface area contributed by atoms with Gasteiger partial charge in [-0.15, -0.1) is 0 Å². The molecule has 19 heavy (non-hydrogen) atoms. The molecule has 0 aliphatic carbocycles. The van der Waals surface area contributed by atoms with Crippen LogP contribution >= 0.6 is 0 Å². The highest BCUT2D eigenvalue weighted by Crippen LogP contribution is 2.18. The highest BCUT2D eigenvalue weighted by molar-refractivity contribution is 5.77. The number of H-pyrrole nitrogens is 1. The molecule has 0 aliphatic heterocycles. The lowest BCUT2D eigenvalue weighted by molar-refractivity contribution is -0.142. The van der Waals surface area contributed by atoms with Crippen LogP contribution in [-0.4, -0.2) is 22.6 Å². The van der Waals surface area contributed by atoms with Gasteiger partial charge in [-0.3, -0.25) is 9.78 Å². The fourth-order valence-electron chi connectivity index (χ4n) is 1.89. The summed E-state index contributed by atoms with van der Waals surface area (Å²) in [5.74, 6) is -1.75. The van der Waals surface area contributed by atoms with Gasteiger partial charge in [-0.1, -0.05) is 13.8 Å². The van der Waals surface area contributed by atoms with E-state index in [1.165, 1.54) is 0 Å². The molecule has 6 heteroatoms. The van der Waals surface area contributed by atoms with E-state index in [1.807, 2.05) is 13.8 Å². The van der Waals surface area contributed by atoms with Crippen LogP contribution in [0.1, 0.15) is 13.8 Å². The summed E-state index contributed by atoms with van der Waals surface area (Å²) < 4.78 is 4.94. The molecule has 102 valence electrons. The first kappa shape index (κ1) is 13.2. The number of hydrogen-bond donors (Lipinski definition) is 3. The number of aromatic nitrogens is 1. The van der Waals surface area contributed by atoms with E-state index >= 15 is 0 Å². The van der Waals surface area contributed by atoms with E-state index in [1.54, 1.807) is 18.2 Å². The summed E-state index contributed by atoms with van der Waals surface area (Å²) in [6.07, 6.45) is 0. The van der Waals surface area contributed by atoms with Crippen molar-refractivity contribution in [2.75, 3.05) is 11.9 Å². The van der Waals surface area contributed by atoms with Crippen molar-refractivity contribution >= 4 is 22.8 Å². The van der Waals surface area contributed by atoms with E-state index in [0.717, 1.165) is 5.69 Å². The molecular formula is C13H16N2O4. The third-order valence-corrected chi connectivity index (χ3v) is 3.07. The molecule has 0 bridgehead atoms. The van der Waals surface area contributed by atoms with Crippen molar-refractivity contribution in [1.82, 2.24) is 4.98 Å². The van der Waals surface area contributed by atoms with Crippen LogP contribution in [0.2, 0.25) is 0 Å². The van der Waals surface area contributed by atoms with Gasteiger partial charge in [-0.25, -0.2) is 4.79 Å². The van der Waals surface area contributed by atoms with Crippen molar-refractivity contribution < 1.29 is 14.3 Å². The molecule has 0 saturated heterocycles. The Balaban J connectivity index is 2.12. The highest BCUT2D eigenvalue weighted by atomic mass is 16.4. The summed E-state index contributed by atoms with van der Waals surface area (Å²) in [7, 11) is 0. The molecule has 0 amide bonds. The van der Waals surface area contributed by atoms with Crippen LogP contribution < -0.4 is 11.1 Å². The number of nitrogens with one attached hydrogen (secondary N) is 2. The fourth-order valence-corrected chi connectivity index (χ4v) is 1.89. The topological polar surface area (TPSA) is 95.3 Å². The van der Waals surface area contributed by atoms with Crippen LogP contribution in [0.15, 0.2) is 27.4 Å². The summed E-state index contributed by atoms with van der Waals surface area (Å²) in [4.78, 5) is 24.6. The maximum absolute atomic E-state index is 11.1. The smallest absolute Gasteiger partial charge is 0.417 e. The second-order valence-corrected chi connectivity index (χ2v) is 4.80. The average molecular weight is 264 g/mol. The molecule has 0 spiro atoms. The average Bonchev–Trinajstić information content (AvgIpc) is 2.67. The zero-order valence-corrected chi connectivity index (χ0v) is 10.8. The molecule has 0 fully saturated rings. The van der Waals surface area contributed by atoms with Crippen LogP contribution in [0.3, 0.4) is 0 Å². The Bertz CT molecular complexity index is 641.